The largest absolute Gasteiger partial charge is 0.383 e. The minimum Gasteiger partial charge on any atom is -0.383 e. The summed E-state index contributed by atoms with van der Waals surface area (Å²) in [5.74, 6) is 1.43. The van der Waals surface area contributed by atoms with Gasteiger partial charge in [-0.2, -0.15) is 0 Å². The van der Waals surface area contributed by atoms with E-state index in [-0.39, 0.29) is 0 Å². The van der Waals surface area contributed by atoms with Crippen molar-refractivity contribution in [2.75, 3.05) is 30.9 Å². The van der Waals surface area contributed by atoms with Crippen LogP contribution >= 0.6 is 11.6 Å². The second-order valence-corrected chi connectivity index (χ2v) is 5.18. The van der Waals surface area contributed by atoms with Crippen molar-refractivity contribution in [3.8, 4) is 0 Å². The Balaban J connectivity index is 2.15. The van der Waals surface area contributed by atoms with Gasteiger partial charge in [-0.3, -0.25) is 0 Å². The maximum atomic E-state index is 6.29. The lowest BCUT2D eigenvalue weighted by atomic mass is 10.1. The van der Waals surface area contributed by atoms with Gasteiger partial charge in [0.25, 0.3) is 0 Å². The number of aromatic nitrogens is 2. The molecule has 112 valence electrons. The normalized spacial score (nSPS) is 10.5. The van der Waals surface area contributed by atoms with Crippen LogP contribution < -0.4 is 10.6 Å². The Bertz CT molecular complexity index is 595. The van der Waals surface area contributed by atoms with Gasteiger partial charge >= 0.3 is 0 Å². The van der Waals surface area contributed by atoms with Crippen LogP contribution in [0.15, 0.2) is 24.5 Å². The maximum absolute atomic E-state index is 6.29. The second-order valence-electron chi connectivity index (χ2n) is 4.77. The van der Waals surface area contributed by atoms with Gasteiger partial charge in [-0.05, 0) is 31.0 Å². The zero-order chi connectivity index (χ0) is 15.2. The molecule has 5 nitrogen and oxygen atoms in total. The molecule has 1 aromatic heterocycles. The van der Waals surface area contributed by atoms with E-state index in [1.54, 1.807) is 7.11 Å². The van der Waals surface area contributed by atoms with Crippen LogP contribution in [0.25, 0.3) is 0 Å². The van der Waals surface area contributed by atoms with Gasteiger partial charge < -0.3 is 15.4 Å². The van der Waals surface area contributed by atoms with Crippen LogP contribution in [-0.4, -0.2) is 30.2 Å². The van der Waals surface area contributed by atoms with E-state index in [9.17, 15) is 0 Å². The van der Waals surface area contributed by atoms with Crippen LogP contribution in [0.4, 0.5) is 17.3 Å². The highest BCUT2D eigenvalue weighted by atomic mass is 35.5. The molecule has 2 aromatic rings. The Morgan fingerprint density at radius 1 is 1.14 bits per heavy atom. The summed E-state index contributed by atoms with van der Waals surface area (Å²) >= 11 is 6.29. The van der Waals surface area contributed by atoms with Crippen molar-refractivity contribution >= 4 is 28.9 Å². The van der Waals surface area contributed by atoms with Gasteiger partial charge in [-0.1, -0.05) is 17.7 Å². The maximum Gasteiger partial charge on any atom is 0.135 e. The fourth-order valence-electron chi connectivity index (χ4n) is 2.01. The average molecular weight is 307 g/mol. The minimum atomic E-state index is 0.621. The van der Waals surface area contributed by atoms with Crippen LogP contribution in [0.3, 0.4) is 0 Å². The highest BCUT2D eigenvalue weighted by molar-refractivity contribution is 6.33. The molecule has 0 fully saturated rings. The third-order valence-electron chi connectivity index (χ3n) is 2.96. The molecule has 1 aromatic carbocycles. The van der Waals surface area contributed by atoms with Crippen molar-refractivity contribution in [2.24, 2.45) is 0 Å². The van der Waals surface area contributed by atoms with Crippen LogP contribution in [0.1, 0.15) is 11.1 Å². The number of hydrogen-bond acceptors (Lipinski definition) is 5. The van der Waals surface area contributed by atoms with E-state index in [4.69, 9.17) is 16.3 Å². The van der Waals surface area contributed by atoms with Gasteiger partial charge in [-0.15, -0.1) is 0 Å². The van der Waals surface area contributed by atoms with Crippen LogP contribution in [-0.2, 0) is 4.74 Å². The molecule has 0 amide bonds. The molecule has 2 rings (SSSR count). The van der Waals surface area contributed by atoms with Crippen molar-refractivity contribution < 1.29 is 4.74 Å². The van der Waals surface area contributed by atoms with Crippen molar-refractivity contribution in [1.29, 1.82) is 0 Å². The molecule has 2 N–H and O–H groups in total. The van der Waals surface area contributed by atoms with Gasteiger partial charge in [0.05, 0.1) is 17.3 Å². The number of nitrogens with one attached hydrogen (secondary N) is 2. The predicted octanol–water partition coefficient (Wildman–Crippen LogP) is 3.55. The van der Waals surface area contributed by atoms with Gasteiger partial charge in [-0.25, -0.2) is 9.97 Å². The molecular weight excluding hydrogens is 288 g/mol. The number of halogens is 1. The predicted molar refractivity (Wildman–Crippen MR) is 86.6 cm³/mol. The highest BCUT2D eigenvalue weighted by Crippen LogP contribution is 2.29. The molecule has 0 radical (unpaired) electrons. The molecule has 0 bridgehead atoms. The molecular formula is C15H19ClN4O. The monoisotopic (exact) mass is 306 g/mol. The zero-order valence-corrected chi connectivity index (χ0v) is 13.2. The lowest BCUT2D eigenvalue weighted by molar-refractivity contribution is 0.210. The van der Waals surface area contributed by atoms with E-state index in [1.165, 1.54) is 6.33 Å². The summed E-state index contributed by atoms with van der Waals surface area (Å²) in [6, 6.07) is 5.84. The van der Waals surface area contributed by atoms with Gasteiger partial charge in [0.15, 0.2) is 0 Å². The Kier molecular flexibility index (Phi) is 5.36. The standard InChI is InChI=1S/C15H19ClN4O/c1-10-6-11(2)15(12(16)7-10)20-14-8-13(18-9-19-14)17-4-5-21-3/h6-9H,4-5H2,1-3H3,(H2,17,18,19,20). The lowest BCUT2D eigenvalue weighted by Gasteiger charge is -2.13. The summed E-state index contributed by atoms with van der Waals surface area (Å²) in [6.07, 6.45) is 1.51. The summed E-state index contributed by atoms with van der Waals surface area (Å²) in [7, 11) is 1.66. The zero-order valence-electron chi connectivity index (χ0n) is 12.4. The number of methoxy groups -OCH3 is 1. The molecule has 0 aliphatic carbocycles. The molecule has 0 unspecified atom stereocenters. The molecule has 6 heteroatoms. The SMILES string of the molecule is COCCNc1cc(Nc2c(C)cc(C)cc2Cl)ncn1. The van der Waals surface area contributed by atoms with E-state index in [0.29, 0.717) is 24.0 Å². The lowest BCUT2D eigenvalue weighted by Crippen LogP contribution is -2.09. The number of rotatable bonds is 6. The molecule has 0 spiro atoms. The fraction of sp³-hybridized carbons (Fsp3) is 0.333. The minimum absolute atomic E-state index is 0.621. The molecule has 21 heavy (non-hydrogen) atoms. The van der Waals surface area contributed by atoms with E-state index >= 15 is 0 Å². The van der Waals surface area contributed by atoms with Gasteiger partial charge in [0.2, 0.25) is 0 Å². The first kappa shape index (κ1) is 15.5. The Morgan fingerprint density at radius 3 is 2.62 bits per heavy atom. The Labute approximate surface area is 129 Å². The third kappa shape index (κ3) is 4.31. The average Bonchev–Trinajstić information content (AvgIpc) is 2.44. The molecule has 0 atom stereocenters. The van der Waals surface area contributed by atoms with Gasteiger partial charge in [0.1, 0.15) is 18.0 Å². The summed E-state index contributed by atoms with van der Waals surface area (Å²) in [4.78, 5) is 8.38. The van der Waals surface area contributed by atoms with Crippen molar-refractivity contribution in [3.63, 3.8) is 0 Å². The molecule has 0 saturated heterocycles. The van der Waals surface area contributed by atoms with E-state index < -0.39 is 0 Å². The van der Waals surface area contributed by atoms with Crippen LogP contribution in [0.2, 0.25) is 5.02 Å². The summed E-state index contributed by atoms with van der Waals surface area (Å²) in [6.45, 7) is 5.35. The quantitative estimate of drug-likeness (QED) is 0.799. The summed E-state index contributed by atoms with van der Waals surface area (Å²) in [5.41, 5.74) is 3.07. The van der Waals surface area contributed by atoms with Gasteiger partial charge in [0, 0.05) is 19.7 Å². The highest BCUT2D eigenvalue weighted by Gasteiger charge is 2.07. The number of benzene rings is 1. The Hall–Kier alpha value is -1.85. The van der Waals surface area contributed by atoms with E-state index in [1.807, 2.05) is 26.0 Å². The number of aryl methyl sites for hydroxylation is 2. The fourth-order valence-corrected chi connectivity index (χ4v) is 2.37. The number of anilines is 3. The number of hydrogen-bond donors (Lipinski definition) is 2. The molecule has 1 heterocycles. The summed E-state index contributed by atoms with van der Waals surface area (Å²) in [5, 5.41) is 7.09. The van der Waals surface area contributed by atoms with Crippen LogP contribution in [0.5, 0.6) is 0 Å². The summed E-state index contributed by atoms with van der Waals surface area (Å²) < 4.78 is 4.99. The van der Waals surface area contributed by atoms with E-state index in [2.05, 4.69) is 26.7 Å². The molecule has 0 aliphatic heterocycles. The smallest absolute Gasteiger partial charge is 0.135 e. The molecule has 0 saturated carbocycles. The molecule has 0 aliphatic rings. The number of nitrogens with zero attached hydrogens (tertiary/aromatic N) is 2. The first-order valence-electron chi connectivity index (χ1n) is 6.69. The van der Waals surface area contributed by atoms with E-state index in [0.717, 1.165) is 22.6 Å². The second kappa shape index (κ2) is 7.24. The Morgan fingerprint density at radius 2 is 1.90 bits per heavy atom. The topological polar surface area (TPSA) is 59.1 Å². The first-order chi connectivity index (χ1) is 10.1. The third-order valence-corrected chi connectivity index (χ3v) is 3.26. The van der Waals surface area contributed by atoms with Crippen LogP contribution in [0, 0.1) is 13.8 Å². The van der Waals surface area contributed by atoms with Crippen molar-refractivity contribution in [3.05, 3.63) is 40.7 Å². The first-order valence-corrected chi connectivity index (χ1v) is 7.06. The number of ether oxygens (including phenoxy) is 1. The van der Waals surface area contributed by atoms with Crippen molar-refractivity contribution in [1.82, 2.24) is 9.97 Å². The van der Waals surface area contributed by atoms with Crippen molar-refractivity contribution in [2.45, 2.75) is 13.8 Å².